The highest BCUT2D eigenvalue weighted by Crippen LogP contribution is 2.50. The molecular formula is C33H27B4ClF8N6. The first-order chi connectivity index (χ1) is 23.9. The normalized spacial score (nSPS) is 14.1. The molecule has 4 aromatic rings. The number of hydrogen-bond acceptors (Lipinski definition) is 6. The molecule has 52 heavy (non-hydrogen) atoms. The maximum atomic E-state index is 14.8. The average Bonchev–Trinajstić information content (AvgIpc) is 3.02. The molecule has 19 heteroatoms. The Bertz CT molecular complexity index is 2040. The maximum Gasteiger partial charge on any atom is 0.488 e. The van der Waals surface area contributed by atoms with Gasteiger partial charge in [0.25, 0.3) is 0 Å². The number of hydrogen-bond donors (Lipinski definition) is 2. The number of benzene rings is 3. The van der Waals surface area contributed by atoms with E-state index in [0.717, 1.165) is 35.2 Å². The van der Waals surface area contributed by atoms with E-state index in [1.54, 1.807) is 0 Å². The molecule has 1 heterocycles. The molecular weight excluding hydrogens is 711 g/mol. The topological polar surface area (TPSA) is 56.3 Å². The monoisotopic (exact) mass is 738 g/mol. The van der Waals surface area contributed by atoms with Crippen molar-refractivity contribution in [1.29, 1.82) is 0 Å². The number of aromatic nitrogens is 2. The predicted octanol–water partition coefficient (Wildman–Crippen LogP) is 7.95. The highest BCUT2D eigenvalue weighted by atomic mass is 35.5. The molecule has 2 atom stereocenters. The average molecular weight is 738 g/mol. The number of nitrogens with one attached hydrogen (secondary N) is 2. The standard InChI is InChI=1S/C33H27B4ClF8N6/c1-7-18-25(27(47-5)19-11-16(39)9-10-22(19)38)23(50-29-20-12-17(40)13-21(31(41,42)43)26(20)48-15(3)49-29)14-24(28(18)52(8-2)33(44,45)46)51(6)30(4,34)32(35,36)37/h7-14,27,47H,1-2H2,3-6H3,(H,48,49,50). The number of nitrogens with zero attached hydrogens (tertiary/aromatic N) is 4. The smallest absolute Gasteiger partial charge is 0.378 e. The highest BCUT2D eigenvalue weighted by molar-refractivity contribution is 6.62. The number of fused-ring (bicyclic) bond motifs is 1. The van der Waals surface area contributed by atoms with Crippen molar-refractivity contribution in [3.63, 3.8) is 0 Å². The van der Waals surface area contributed by atoms with Crippen LogP contribution in [0.4, 0.5) is 58.0 Å². The van der Waals surface area contributed by atoms with Gasteiger partial charge in [0.05, 0.1) is 52.0 Å². The lowest BCUT2D eigenvalue weighted by Gasteiger charge is -2.50. The van der Waals surface area contributed by atoms with Gasteiger partial charge in [0.2, 0.25) is 0 Å². The molecule has 0 saturated carbocycles. The van der Waals surface area contributed by atoms with Gasteiger partial charge in [-0.2, -0.15) is 13.2 Å². The summed E-state index contributed by atoms with van der Waals surface area (Å²) < 4.78 is 116. The molecule has 1 aromatic heterocycles. The van der Waals surface area contributed by atoms with Crippen molar-refractivity contribution in [2.45, 2.75) is 42.9 Å². The molecule has 0 fully saturated rings. The van der Waals surface area contributed by atoms with Crippen LogP contribution in [0.25, 0.3) is 17.0 Å². The van der Waals surface area contributed by atoms with Gasteiger partial charge in [-0.15, -0.1) is 18.3 Å². The predicted molar refractivity (Wildman–Crippen MR) is 193 cm³/mol. The third-order valence-corrected chi connectivity index (χ3v) is 8.82. The van der Waals surface area contributed by atoms with Crippen molar-refractivity contribution in [3.8, 4) is 0 Å². The van der Waals surface area contributed by atoms with Gasteiger partial charge in [0, 0.05) is 40.5 Å². The van der Waals surface area contributed by atoms with Crippen LogP contribution in [0.15, 0.2) is 55.8 Å². The SMILES string of the molecule is [B]C([B])([B])C([B])(C)N(C)c1cc(Nc2nc(C)nc3c(C(F)(F)F)cc(F)cc23)c(C(NC)c2cc(F)ccc2Cl)c(C=C)c1N(C=C)C(F)(F)F. The van der Waals surface area contributed by atoms with Crippen LogP contribution in [-0.4, -0.2) is 67.2 Å². The van der Waals surface area contributed by atoms with E-state index in [-0.39, 0.29) is 55.7 Å². The van der Waals surface area contributed by atoms with Crippen LogP contribution in [0.1, 0.15) is 41.0 Å². The van der Waals surface area contributed by atoms with Gasteiger partial charge in [0.1, 0.15) is 31.1 Å². The minimum Gasteiger partial charge on any atom is -0.378 e. The number of rotatable bonds is 11. The van der Waals surface area contributed by atoms with Crippen LogP contribution < -0.4 is 20.4 Å². The van der Waals surface area contributed by atoms with E-state index in [9.17, 15) is 35.1 Å². The molecule has 2 N–H and O–H groups in total. The molecule has 0 aliphatic carbocycles. The van der Waals surface area contributed by atoms with Crippen LogP contribution in [0.3, 0.4) is 0 Å². The third kappa shape index (κ3) is 7.64. The zero-order valence-corrected chi connectivity index (χ0v) is 28.9. The van der Waals surface area contributed by atoms with Crippen molar-refractivity contribution in [2.24, 2.45) is 0 Å². The van der Waals surface area contributed by atoms with E-state index in [0.29, 0.717) is 6.20 Å². The minimum atomic E-state index is -5.14. The molecule has 0 bridgehead atoms. The number of alkyl halides is 6. The van der Waals surface area contributed by atoms with Crippen LogP contribution in [-0.2, 0) is 6.18 Å². The Balaban J connectivity index is 2.28. The molecule has 3 aromatic carbocycles. The molecule has 0 aliphatic heterocycles. The Kier molecular flexibility index (Phi) is 11.2. The summed E-state index contributed by atoms with van der Waals surface area (Å²) in [7, 11) is 27.0. The van der Waals surface area contributed by atoms with Crippen molar-refractivity contribution >= 4 is 82.8 Å². The zero-order valence-electron chi connectivity index (χ0n) is 28.1. The molecule has 6 nitrogen and oxygen atoms in total. The summed E-state index contributed by atoms with van der Waals surface area (Å²) in [5.74, 6) is -2.62. The Morgan fingerprint density at radius 1 is 0.942 bits per heavy atom. The molecule has 0 spiro atoms. The summed E-state index contributed by atoms with van der Waals surface area (Å²) in [5.41, 5.74) is -5.67. The van der Waals surface area contributed by atoms with E-state index < -0.39 is 62.9 Å². The highest BCUT2D eigenvalue weighted by Gasteiger charge is 2.43. The molecule has 4 rings (SSSR count). The lowest BCUT2D eigenvalue weighted by Crippen LogP contribution is -2.55. The van der Waals surface area contributed by atoms with Crippen molar-refractivity contribution in [3.05, 3.63) is 100 Å². The quantitative estimate of drug-likeness (QED) is 0.0927. The molecule has 0 amide bonds. The molecule has 0 saturated heterocycles. The third-order valence-electron chi connectivity index (χ3n) is 8.48. The Labute approximate surface area is 305 Å². The summed E-state index contributed by atoms with van der Waals surface area (Å²) in [4.78, 5) is 9.03. The Hall–Kier alpha value is -4.17. The van der Waals surface area contributed by atoms with E-state index in [1.165, 1.54) is 34.0 Å². The fraction of sp³-hybridized carbons (Fsp3) is 0.273. The second-order valence-corrected chi connectivity index (χ2v) is 12.4. The molecule has 0 aliphatic rings. The van der Waals surface area contributed by atoms with Gasteiger partial charge >= 0.3 is 12.5 Å². The van der Waals surface area contributed by atoms with Crippen molar-refractivity contribution < 1.29 is 35.1 Å². The Morgan fingerprint density at radius 2 is 1.58 bits per heavy atom. The number of aryl methyl sites for hydroxylation is 1. The van der Waals surface area contributed by atoms with Crippen LogP contribution in [0.5, 0.6) is 0 Å². The van der Waals surface area contributed by atoms with Gasteiger partial charge in [-0.1, -0.05) is 37.8 Å². The summed E-state index contributed by atoms with van der Waals surface area (Å²) in [6, 6.07) is 4.20. The summed E-state index contributed by atoms with van der Waals surface area (Å²) in [5, 5.41) is 3.06. The van der Waals surface area contributed by atoms with Gasteiger partial charge in [-0.05, 0) is 61.4 Å². The molecule has 264 valence electrons. The fourth-order valence-electron chi connectivity index (χ4n) is 5.62. The van der Waals surface area contributed by atoms with Gasteiger partial charge in [-0.3, -0.25) is 4.90 Å². The second-order valence-electron chi connectivity index (χ2n) is 12.0. The first-order valence-corrected chi connectivity index (χ1v) is 15.4. The maximum absolute atomic E-state index is 14.8. The lowest BCUT2D eigenvalue weighted by molar-refractivity contribution is -0.136. The lowest BCUT2D eigenvalue weighted by atomic mass is 9.31. The van der Waals surface area contributed by atoms with Gasteiger partial charge < -0.3 is 15.5 Å². The minimum absolute atomic E-state index is 0.0187. The first kappa shape index (κ1) is 40.6. The van der Waals surface area contributed by atoms with Crippen LogP contribution in [0, 0.1) is 18.6 Å². The molecule has 8 radical (unpaired) electrons. The number of halogens is 9. The van der Waals surface area contributed by atoms with E-state index in [2.05, 4.69) is 33.8 Å². The summed E-state index contributed by atoms with van der Waals surface area (Å²) >= 11 is 6.50. The second kappa shape index (κ2) is 14.3. The van der Waals surface area contributed by atoms with Crippen LogP contribution >= 0.6 is 11.6 Å². The summed E-state index contributed by atoms with van der Waals surface area (Å²) in [6.45, 7) is 9.62. The van der Waals surface area contributed by atoms with Crippen molar-refractivity contribution in [1.82, 2.24) is 15.3 Å². The zero-order chi connectivity index (χ0) is 39.3. The van der Waals surface area contributed by atoms with E-state index in [4.69, 9.17) is 43.0 Å². The van der Waals surface area contributed by atoms with E-state index in [1.807, 2.05) is 0 Å². The fourth-order valence-corrected chi connectivity index (χ4v) is 5.85. The Morgan fingerprint density at radius 3 is 2.10 bits per heavy atom. The van der Waals surface area contributed by atoms with Crippen molar-refractivity contribution in [2.75, 3.05) is 29.2 Å². The molecule has 2 unspecified atom stereocenters. The van der Waals surface area contributed by atoms with E-state index >= 15 is 0 Å². The summed E-state index contributed by atoms with van der Waals surface area (Å²) in [6.07, 6.45) is -8.67. The van der Waals surface area contributed by atoms with Crippen LogP contribution in [0.2, 0.25) is 10.1 Å². The van der Waals surface area contributed by atoms with Gasteiger partial charge in [0.15, 0.2) is 0 Å². The first-order valence-electron chi connectivity index (χ1n) is 15.0. The number of anilines is 4. The van der Waals surface area contributed by atoms with Gasteiger partial charge in [-0.25, -0.2) is 18.7 Å². The largest absolute Gasteiger partial charge is 0.488 e.